The number of ether oxygens (including phenoxy) is 1. The van der Waals surface area contributed by atoms with E-state index < -0.39 is 29.4 Å². The summed E-state index contributed by atoms with van der Waals surface area (Å²) in [4.78, 5) is 23.8. The molecule has 0 bridgehead atoms. The minimum absolute atomic E-state index is 0.123. The first-order chi connectivity index (χ1) is 13.5. The molecule has 5 nitrogen and oxygen atoms in total. The topological polar surface area (TPSA) is 68.5 Å². The molecule has 0 spiro atoms. The van der Waals surface area contributed by atoms with E-state index in [1.807, 2.05) is 0 Å². The van der Waals surface area contributed by atoms with Crippen molar-refractivity contribution in [3.8, 4) is 5.75 Å². The van der Waals surface area contributed by atoms with Gasteiger partial charge in [-0.1, -0.05) is 23.2 Å². The fraction of sp³-hybridized carbons (Fsp3) is 0.158. The highest BCUT2D eigenvalue weighted by Crippen LogP contribution is 2.34. The highest BCUT2D eigenvalue weighted by molar-refractivity contribution is 6.34. The smallest absolute Gasteiger partial charge is 0.417 e. The normalized spacial score (nSPS) is 12.6. The summed E-state index contributed by atoms with van der Waals surface area (Å²) in [5, 5.41) is 2.80. The van der Waals surface area contributed by atoms with Crippen LogP contribution in [0.2, 0.25) is 10.0 Å². The molecule has 0 saturated carbocycles. The van der Waals surface area contributed by atoms with Crippen molar-refractivity contribution < 1.29 is 27.1 Å². The number of carbonyl (C=O) groups is 1. The standard InChI is InChI=1S/C19H12Cl2F3NO4/c1-9(28-16-6-10(20)2-5-14(16)21)18(27)25-11-3-4-12-13(19(22,23)24)8-17(26)29-15(12)7-11/h2-9H,1H3,(H,25,27)/t9-/m0/s1. The number of amides is 1. The lowest BCUT2D eigenvalue weighted by Gasteiger charge is -2.16. The minimum atomic E-state index is -4.72. The van der Waals surface area contributed by atoms with Crippen LogP contribution in [0.3, 0.4) is 0 Å². The fourth-order valence-corrected chi connectivity index (χ4v) is 2.85. The van der Waals surface area contributed by atoms with E-state index in [9.17, 15) is 22.8 Å². The molecule has 2 aromatic carbocycles. The maximum Gasteiger partial charge on any atom is 0.417 e. The van der Waals surface area contributed by atoms with E-state index in [0.29, 0.717) is 11.1 Å². The molecule has 152 valence electrons. The van der Waals surface area contributed by atoms with Crippen LogP contribution in [0.25, 0.3) is 11.0 Å². The van der Waals surface area contributed by atoms with Gasteiger partial charge in [0.1, 0.15) is 11.3 Å². The Morgan fingerprint density at radius 2 is 1.86 bits per heavy atom. The summed E-state index contributed by atoms with van der Waals surface area (Å²) in [7, 11) is 0. The lowest BCUT2D eigenvalue weighted by Crippen LogP contribution is -2.30. The highest BCUT2D eigenvalue weighted by Gasteiger charge is 2.33. The molecule has 0 aliphatic carbocycles. The van der Waals surface area contributed by atoms with E-state index in [-0.39, 0.29) is 27.4 Å². The molecular formula is C19H12Cl2F3NO4. The first-order valence-corrected chi connectivity index (χ1v) is 8.88. The predicted molar refractivity (Wildman–Crippen MR) is 103 cm³/mol. The Hall–Kier alpha value is -2.71. The highest BCUT2D eigenvalue weighted by atomic mass is 35.5. The summed E-state index contributed by atoms with van der Waals surface area (Å²) < 4.78 is 49.6. The van der Waals surface area contributed by atoms with Gasteiger partial charge in [-0.05, 0) is 31.2 Å². The van der Waals surface area contributed by atoms with E-state index in [2.05, 4.69) is 5.32 Å². The Balaban J connectivity index is 1.83. The number of halogens is 5. The van der Waals surface area contributed by atoms with Crippen molar-refractivity contribution in [3.63, 3.8) is 0 Å². The number of carbonyl (C=O) groups excluding carboxylic acids is 1. The van der Waals surface area contributed by atoms with Crippen LogP contribution in [0.15, 0.2) is 51.7 Å². The van der Waals surface area contributed by atoms with Crippen LogP contribution in [-0.4, -0.2) is 12.0 Å². The fourth-order valence-electron chi connectivity index (χ4n) is 2.53. The quantitative estimate of drug-likeness (QED) is 0.536. The van der Waals surface area contributed by atoms with Gasteiger partial charge in [0.05, 0.1) is 10.6 Å². The molecule has 0 aliphatic rings. The molecule has 0 radical (unpaired) electrons. The molecule has 1 aromatic heterocycles. The SMILES string of the molecule is C[C@H](Oc1cc(Cl)ccc1Cl)C(=O)Nc1ccc2c(C(F)(F)F)cc(=O)oc2c1. The van der Waals surface area contributed by atoms with E-state index >= 15 is 0 Å². The van der Waals surface area contributed by atoms with Crippen LogP contribution in [0.4, 0.5) is 18.9 Å². The average molecular weight is 446 g/mol. The van der Waals surface area contributed by atoms with Gasteiger partial charge < -0.3 is 14.5 Å². The maximum absolute atomic E-state index is 13.1. The van der Waals surface area contributed by atoms with Crippen molar-refractivity contribution in [1.82, 2.24) is 0 Å². The van der Waals surface area contributed by atoms with Crippen molar-refractivity contribution in [1.29, 1.82) is 0 Å². The third kappa shape index (κ3) is 4.83. The van der Waals surface area contributed by atoms with Gasteiger partial charge >= 0.3 is 11.8 Å². The Morgan fingerprint density at radius 1 is 1.14 bits per heavy atom. The van der Waals surface area contributed by atoms with E-state index in [1.54, 1.807) is 6.07 Å². The van der Waals surface area contributed by atoms with Gasteiger partial charge in [0.2, 0.25) is 0 Å². The number of alkyl halides is 3. The summed E-state index contributed by atoms with van der Waals surface area (Å²) in [6.45, 7) is 1.45. The number of nitrogens with one attached hydrogen (secondary N) is 1. The zero-order valence-electron chi connectivity index (χ0n) is 14.6. The number of rotatable bonds is 4. The Labute approximate surface area is 172 Å². The van der Waals surface area contributed by atoms with Crippen molar-refractivity contribution in [2.45, 2.75) is 19.2 Å². The second-order valence-corrected chi connectivity index (χ2v) is 6.86. The number of benzene rings is 2. The zero-order valence-corrected chi connectivity index (χ0v) is 16.2. The third-order valence-electron chi connectivity index (χ3n) is 3.88. The molecule has 10 heteroatoms. The molecule has 3 aromatic rings. The van der Waals surface area contributed by atoms with Crippen LogP contribution in [0, 0.1) is 0 Å². The lowest BCUT2D eigenvalue weighted by atomic mass is 10.1. The molecule has 1 atom stereocenters. The van der Waals surface area contributed by atoms with Crippen LogP contribution in [0.5, 0.6) is 5.75 Å². The number of anilines is 1. The molecule has 0 unspecified atom stereocenters. The van der Waals surface area contributed by atoms with Gasteiger partial charge in [0, 0.05) is 34.3 Å². The molecule has 0 fully saturated rings. The van der Waals surface area contributed by atoms with Gasteiger partial charge in [0.25, 0.3) is 5.91 Å². The first kappa shape index (κ1) is 21.0. The maximum atomic E-state index is 13.1. The zero-order chi connectivity index (χ0) is 21.3. The molecular weight excluding hydrogens is 434 g/mol. The second kappa shape index (κ2) is 7.96. The number of hydrogen-bond donors (Lipinski definition) is 1. The predicted octanol–water partition coefficient (Wildman–Crippen LogP) is 5.52. The summed E-state index contributed by atoms with van der Waals surface area (Å²) in [5.41, 5.74) is -2.46. The molecule has 1 amide bonds. The summed E-state index contributed by atoms with van der Waals surface area (Å²) in [5.74, 6) is -0.407. The molecule has 29 heavy (non-hydrogen) atoms. The van der Waals surface area contributed by atoms with Gasteiger partial charge in [-0.25, -0.2) is 4.79 Å². The Morgan fingerprint density at radius 3 is 2.55 bits per heavy atom. The minimum Gasteiger partial charge on any atom is -0.479 e. The third-order valence-corrected chi connectivity index (χ3v) is 4.43. The van der Waals surface area contributed by atoms with Crippen molar-refractivity contribution in [3.05, 3.63) is 68.5 Å². The second-order valence-electron chi connectivity index (χ2n) is 6.01. The molecule has 3 rings (SSSR count). The van der Waals surface area contributed by atoms with Gasteiger partial charge in [-0.15, -0.1) is 0 Å². The van der Waals surface area contributed by atoms with Gasteiger partial charge in [-0.3, -0.25) is 4.79 Å². The largest absolute Gasteiger partial charge is 0.479 e. The van der Waals surface area contributed by atoms with Crippen molar-refractivity contribution in [2.75, 3.05) is 5.32 Å². The average Bonchev–Trinajstić information content (AvgIpc) is 2.63. The lowest BCUT2D eigenvalue weighted by molar-refractivity contribution is -0.136. The van der Waals surface area contributed by atoms with Crippen LogP contribution < -0.4 is 15.7 Å². The molecule has 1 heterocycles. The van der Waals surface area contributed by atoms with E-state index in [4.69, 9.17) is 32.4 Å². The van der Waals surface area contributed by atoms with Crippen LogP contribution >= 0.6 is 23.2 Å². The van der Waals surface area contributed by atoms with Crippen LogP contribution in [0.1, 0.15) is 12.5 Å². The molecule has 1 N–H and O–H groups in total. The summed E-state index contributed by atoms with van der Waals surface area (Å²) >= 11 is 11.9. The number of hydrogen-bond acceptors (Lipinski definition) is 4. The van der Waals surface area contributed by atoms with Crippen molar-refractivity contribution >= 4 is 45.8 Å². The molecule has 0 saturated heterocycles. The number of fused-ring (bicyclic) bond motifs is 1. The van der Waals surface area contributed by atoms with E-state index in [0.717, 1.165) is 12.1 Å². The summed E-state index contributed by atoms with van der Waals surface area (Å²) in [6, 6.07) is 8.38. The first-order valence-electron chi connectivity index (χ1n) is 8.12. The van der Waals surface area contributed by atoms with Gasteiger partial charge in [-0.2, -0.15) is 13.2 Å². The van der Waals surface area contributed by atoms with Crippen molar-refractivity contribution in [2.24, 2.45) is 0 Å². The monoisotopic (exact) mass is 445 g/mol. The molecule has 0 aliphatic heterocycles. The Kier molecular flexibility index (Phi) is 5.77. The van der Waals surface area contributed by atoms with E-state index in [1.165, 1.54) is 25.1 Å². The Bertz CT molecular complexity index is 1140. The van der Waals surface area contributed by atoms with Gasteiger partial charge in [0.15, 0.2) is 6.10 Å². The summed E-state index contributed by atoms with van der Waals surface area (Å²) in [6.07, 6.45) is -5.73. The van der Waals surface area contributed by atoms with Crippen LogP contribution in [-0.2, 0) is 11.0 Å².